The molecule has 1 fully saturated rings. The van der Waals surface area contributed by atoms with Gasteiger partial charge in [-0.1, -0.05) is 0 Å². The first-order chi connectivity index (χ1) is 5.97. The Morgan fingerprint density at radius 1 is 1.46 bits per heavy atom. The van der Waals surface area contributed by atoms with E-state index in [4.69, 9.17) is 11.6 Å². The zero-order valence-electron chi connectivity index (χ0n) is 7.29. The predicted octanol–water partition coefficient (Wildman–Crippen LogP) is 0.0596. The van der Waals surface area contributed by atoms with Crippen molar-refractivity contribution >= 4 is 21.6 Å². The van der Waals surface area contributed by atoms with Crippen LogP contribution in [0.1, 0.15) is 19.3 Å². The predicted molar refractivity (Wildman–Crippen MR) is 51.3 cm³/mol. The highest BCUT2D eigenvalue weighted by Crippen LogP contribution is 2.30. The van der Waals surface area contributed by atoms with Gasteiger partial charge in [0.15, 0.2) is 0 Å². The minimum Gasteiger partial charge on any atom is -0.389 e. The Bertz CT molecular complexity index is 261. The van der Waals surface area contributed by atoms with Crippen molar-refractivity contribution in [1.29, 1.82) is 0 Å². The Kier molecular flexibility index (Phi) is 3.57. The molecule has 0 bridgehead atoms. The fraction of sp³-hybridized carbons (Fsp3) is 1.00. The lowest BCUT2D eigenvalue weighted by Gasteiger charge is -2.36. The summed E-state index contributed by atoms with van der Waals surface area (Å²) in [4.78, 5) is 0. The fourth-order valence-electron chi connectivity index (χ4n) is 1.18. The van der Waals surface area contributed by atoms with E-state index in [0.29, 0.717) is 12.8 Å². The van der Waals surface area contributed by atoms with Crippen molar-refractivity contribution in [3.63, 3.8) is 0 Å². The standard InChI is InChI=1S/C7H14ClNO3S/c8-4-5-13(11,12)9-6-7(10)2-1-3-7/h9-10H,1-6H2. The number of hydrogen-bond donors (Lipinski definition) is 2. The average Bonchev–Trinajstić information content (AvgIpc) is 1.97. The summed E-state index contributed by atoms with van der Waals surface area (Å²) >= 11 is 5.30. The second-order valence-corrected chi connectivity index (χ2v) is 5.71. The Morgan fingerprint density at radius 3 is 2.46 bits per heavy atom. The second-order valence-electron chi connectivity index (χ2n) is 3.41. The van der Waals surface area contributed by atoms with Crippen LogP contribution in [0.3, 0.4) is 0 Å². The summed E-state index contributed by atoms with van der Waals surface area (Å²) in [5.74, 6) is -0.0155. The summed E-state index contributed by atoms with van der Waals surface area (Å²) in [5.41, 5.74) is -0.806. The molecule has 0 aromatic rings. The third-order valence-electron chi connectivity index (χ3n) is 2.25. The number of nitrogens with one attached hydrogen (secondary N) is 1. The van der Waals surface area contributed by atoms with Gasteiger partial charge in [0.25, 0.3) is 0 Å². The molecule has 0 aromatic carbocycles. The average molecular weight is 228 g/mol. The number of aliphatic hydroxyl groups is 1. The van der Waals surface area contributed by atoms with Gasteiger partial charge >= 0.3 is 0 Å². The van der Waals surface area contributed by atoms with E-state index in [0.717, 1.165) is 6.42 Å². The number of rotatable bonds is 5. The lowest BCUT2D eigenvalue weighted by molar-refractivity contribution is -0.0270. The van der Waals surface area contributed by atoms with Crippen molar-refractivity contribution in [2.24, 2.45) is 0 Å². The zero-order valence-corrected chi connectivity index (χ0v) is 8.86. The largest absolute Gasteiger partial charge is 0.389 e. The molecule has 1 rings (SSSR count). The summed E-state index contributed by atoms with van der Waals surface area (Å²) in [6.45, 7) is 0.117. The van der Waals surface area contributed by atoms with E-state index in [1.54, 1.807) is 0 Å². The highest BCUT2D eigenvalue weighted by molar-refractivity contribution is 7.89. The molecule has 0 aliphatic heterocycles. The highest BCUT2D eigenvalue weighted by atomic mass is 35.5. The maximum atomic E-state index is 11.1. The summed E-state index contributed by atoms with van der Waals surface area (Å²) in [7, 11) is -3.28. The molecular formula is C7H14ClNO3S. The van der Waals surface area contributed by atoms with Crippen molar-refractivity contribution in [3.05, 3.63) is 0 Å². The highest BCUT2D eigenvalue weighted by Gasteiger charge is 2.35. The van der Waals surface area contributed by atoms with Gasteiger partial charge in [-0.15, -0.1) is 11.6 Å². The molecule has 1 aliphatic rings. The lowest BCUT2D eigenvalue weighted by atomic mass is 9.81. The van der Waals surface area contributed by atoms with Gasteiger partial charge in [-0.05, 0) is 19.3 Å². The van der Waals surface area contributed by atoms with Crippen LogP contribution in [0, 0.1) is 0 Å². The molecule has 1 saturated carbocycles. The molecule has 2 N–H and O–H groups in total. The third kappa shape index (κ3) is 3.42. The first-order valence-electron chi connectivity index (χ1n) is 4.23. The first kappa shape index (κ1) is 11.2. The Morgan fingerprint density at radius 2 is 2.08 bits per heavy atom. The van der Waals surface area contributed by atoms with Gasteiger partial charge in [-0.25, -0.2) is 13.1 Å². The van der Waals surface area contributed by atoms with E-state index < -0.39 is 15.6 Å². The molecule has 6 heteroatoms. The van der Waals surface area contributed by atoms with Crippen molar-refractivity contribution in [2.75, 3.05) is 18.2 Å². The molecule has 13 heavy (non-hydrogen) atoms. The van der Waals surface area contributed by atoms with Crippen LogP contribution in [-0.4, -0.2) is 37.3 Å². The molecule has 0 aromatic heterocycles. The summed E-state index contributed by atoms with van der Waals surface area (Å²) in [5, 5.41) is 9.58. The molecule has 0 amide bonds. The lowest BCUT2D eigenvalue weighted by Crippen LogP contribution is -2.48. The molecule has 0 atom stereocenters. The van der Waals surface area contributed by atoms with Crippen LogP contribution in [0.4, 0.5) is 0 Å². The minimum atomic E-state index is -3.28. The van der Waals surface area contributed by atoms with Crippen LogP contribution in [0.15, 0.2) is 0 Å². The molecule has 0 unspecified atom stereocenters. The number of alkyl halides is 1. The quantitative estimate of drug-likeness (QED) is 0.653. The van der Waals surface area contributed by atoms with Crippen LogP contribution in [0.5, 0.6) is 0 Å². The van der Waals surface area contributed by atoms with E-state index >= 15 is 0 Å². The van der Waals surface area contributed by atoms with Gasteiger partial charge in [-0.2, -0.15) is 0 Å². The van der Waals surface area contributed by atoms with Crippen LogP contribution in [0.2, 0.25) is 0 Å². The third-order valence-corrected chi connectivity index (χ3v) is 3.99. The maximum Gasteiger partial charge on any atom is 0.212 e. The van der Waals surface area contributed by atoms with E-state index in [9.17, 15) is 13.5 Å². The molecule has 1 aliphatic carbocycles. The van der Waals surface area contributed by atoms with E-state index in [1.807, 2.05) is 0 Å². The number of halogens is 1. The number of hydrogen-bond acceptors (Lipinski definition) is 3. The van der Waals surface area contributed by atoms with Gasteiger partial charge in [0.2, 0.25) is 10.0 Å². The van der Waals surface area contributed by atoms with Gasteiger partial charge in [0.05, 0.1) is 11.4 Å². The SMILES string of the molecule is O=S(=O)(CCCl)NCC1(O)CCC1. The Labute approximate surface area is 83.3 Å². The monoisotopic (exact) mass is 227 g/mol. The molecular weight excluding hydrogens is 214 g/mol. The van der Waals surface area contributed by atoms with E-state index in [-0.39, 0.29) is 18.2 Å². The molecule has 0 radical (unpaired) electrons. The number of sulfonamides is 1. The van der Waals surface area contributed by atoms with Crippen molar-refractivity contribution < 1.29 is 13.5 Å². The van der Waals surface area contributed by atoms with E-state index in [2.05, 4.69) is 4.72 Å². The van der Waals surface area contributed by atoms with Gasteiger partial charge in [0, 0.05) is 12.4 Å². The summed E-state index contributed by atoms with van der Waals surface area (Å²) < 4.78 is 24.6. The van der Waals surface area contributed by atoms with Crippen molar-refractivity contribution in [2.45, 2.75) is 24.9 Å². The molecule has 4 nitrogen and oxygen atoms in total. The van der Waals surface area contributed by atoms with Crippen molar-refractivity contribution in [1.82, 2.24) is 4.72 Å². The smallest absolute Gasteiger partial charge is 0.212 e. The minimum absolute atomic E-state index is 0.0771. The van der Waals surface area contributed by atoms with Crippen LogP contribution >= 0.6 is 11.6 Å². The normalized spacial score (nSPS) is 21.1. The van der Waals surface area contributed by atoms with Gasteiger partial charge in [-0.3, -0.25) is 0 Å². The second kappa shape index (κ2) is 4.13. The molecule has 0 saturated heterocycles. The molecule has 78 valence electrons. The Hall–Kier alpha value is 0.160. The zero-order chi connectivity index (χ0) is 9.95. The summed E-state index contributed by atoms with van der Waals surface area (Å²) in [6.07, 6.45) is 2.32. The molecule has 0 heterocycles. The van der Waals surface area contributed by atoms with Crippen LogP contribution in [-0.2, 0) is 10.0 Å². The van der Waals surface area contributed by atoms with Crippen LogP contribution < -0.4 is 4.72 Å². The van der Waals surface area contributed by atoms with Gasteiger partial charge in [0.1, 0.15) is 0 Å². The van der Waals surface area contributed by atoms with Gasteiger partial charge < -0.3 is 5.11 Å². The molecule has 0 spiro atoms. The van der Waals surface area contributed by atoms with Crippen molar-refractivity contribution in [3.8, 4) is 0 Å². The van der Waals surface area contributed by atoms with E-state index in [1.165, 1.54) is 0 Å². The fourth-order valence-corrected chi connectivity index (χ4v) is 2.63. The first-order valence-corrected chi connectivity index (χ1v) is 6.42. The summed E-state index contributed by atoms with van der Waals surface area (Å²) in [6, 6.07) is 0. The topological polar surface area (TPSA) is 66.4 Å². The van der Waals surface area contributed by atoms with Crippen LogP contribution in [0.25, 0.3) is 0 Å². The maximum absolute atomic E-state index is 11.1. The Balaban J connectivity index is 2.33.